The average molecular weight is 446 g/mol. The molecule has 1 amide bonds. The molecule has 3 aromatic rings. The molecule has 2 aromatic carbocycles. The highest BCUT2D eigenvalue weighted by Gasteiger charge is 2.28. The standard InChI is InChI=1S/C23H22ClF2N3O2/c1-13(15-8-19(25)22(31-2)20(26)9-15)23(30)27-12-18-11-21(14-6-7-14)28-29(18)17-5-3-4-16(24)10-17/h3-5,8-11,13-14H,6-7,12H2,1-2H3,(H,27,30). The third kappa shape index (κ3) is 4.56. The molecule has 1 saturated carbocycles. The molecule has 0 saturated heterocycles. The van der Waals surface area contributed by atoms with Crippen molar-refractivity contribution in [3.05, 3.63) is 76.1 Å². The number of carbonyl (C=O) groups excluding carboxylic acids is 1. The molecule has 1 N–H and O–H groups in total. The monoisotopic (exact) mass is 445 g/mol. The summed E-state index contributed by atoms with van der Waals surface area (Å²) in [6, 6.07) is 11.5. The minimum atomic E-state index is -0.842. The number of benzene rings is 2. The molecule has 1 atom stereocenters. The fourth-order valence-electron chi connectivity index (χ4n) is 3.48. The highest BCUT2D eigenvalue weighted by atomic mass is 35.5. The molecule has 5 nitrogen and oxygen atoms in total. The predicted octanol–water partition coefficient (Wildman–Crippen LogP) is 5.11. The summed E-state index contributed by atoms with van der Waals surface area (Å²) in [6.07, 6.45) is 2.20. The van der Waals surface area contributed by atoms with Gasteiger partial charge in [-0.05, 0) is 61.7 Å². The largest absolute Gasteiger partial charge is 0.491 e. The molecule has 0 radical (unpaired) electrons. The van der Waals surface area contributed by atoms with E-state index in [-0.39, 0.29) is 18.0 Å². The number of carbonyl (C=O) groups is 1. The first-order chi connectivity index (χ1) is 14.9. The van der Waals surface area contributed by atoms with Gasteiger partial charge in [0, 0.05) is 10.9 Å². The first kappa shape index (κ1) is 21.3. The van der Waals surface area contributed by atoms with Gasteiger partial charge in [0.25, 0.3) is 0 Å². The third-order valence-electron chi connectivity index (χ3n) is 5.41. The maximum Gasteiger partial charge on any atom is 0.227 e. The lowest BCUT2D eigenvalue weighted by Crippen LogP contribution is -2.28. The highest BCUT2D eigenvalue weighted by Crippen LogP contribution is 2.39. The van der Waals surface area contributed by atoms with Crippen LogP contribution in [0.4, 0.5) is 8.78 Å². The zero-order valence-corrected chi connectivity index (χ0v) is 17.9. The van der Waals surface area contributed by atoms with Gasteiger partial charge < -0.3 is 10.1 Å². The number of hydrogen-bond acceptors (Lipinski definition) is 3. The van der Waals surface area contributed by atoms with Crippen LogP contribution in [0.15, 0.2) is 42.5 Å². The zero-order valence-electron chi connectivity index (χ0n) is 17.2. The molecule has 1 aliphatic carbocycles. The van der Waals surface area contributed by atoms with E-state index in [9.17, 15) is 13.6 Å². The van der Waals surface area contributed by atoms with Crippen LogP contribution in [0.25, 0.3) is 5.69 Å². The third-order valence-corrected chi connectivity index (χ3v) is 5.65. The molecule has 0 bridgehead atoms. The van der Waals surface area contributed by atoms with Gasteiger partial charge in [0.1, 0.15) is 0 Å². The van der Waals surface area contributed by atoms with E-state index in [0.717, 1.165) is 42.0 Å². The van der Waals surface area contributed by atoms with E-state index in [1.165, 1.54) is 7.11 Å². The smallest absolute Gasteiger partial charge is 0.227 e. The van der Waals surface area contributed by atoms with Gasteiger partial charge in [0.05, 0.1) is 36.6 Å². The highest BCUT2D eigenvalue weighted by molar-refractivity contribution is 6.30. The number of aromatic nitrogens is 2. The number of hydrogen-bond donors (Lipinski definition) is 1. The molecule has 1 aromatic heterocycles. The molecule has 1 heterocycles. The van der Waals surface area contributed by atoms with E-state index in [0.29, 0.717) is 10.9 Å². The Kier molecular flexibility index (Phi) is 5.96. The maximum absolute atomic E-state index is 14.0. The van der Waals surface area contributed by atoms with E-state index in [1.807, 2.05) is 24.3 Å². The van der Waals surface area contributed by atoms with E-state index in [1.54, 1.807) is 17.7 Å². The molecule has 0 aliphatic heterocycles. The van der Waals surface area contributed by atoms with Crippen molar-refractivity contribution in [1.29, 1.82) is 0 Å². The van der Waals surface area contributed by atoms with Crippen LogP contribution < -0.4 is 10.1 Å². The molecule has 162 valence electrons. The van der Waals surface area contributed by atoms with Gasteiger partial charge in [-0.1, -0.05) is 17.7 Å². The van der Waals surface area contributed by atoms with Gasteiger partial charge in [0.15, 0.2) is 17.4 Å². The molecule has 8 heteroatoms. The van der Waals surface area contributed by atoms with Crippen LogP contribution in [-0.2, 0) is 11.3 Å². The van der Waals surface area contributed by atoms with Gasteiger partial charge in [-0.2, -0.15) is 5.10 Å². The Hall–Kier alpha value is -2.93. The second-order valence-corrected chi connectivity index (χ2v) is 8.12. The van der Waals surface area contributed by atoms with E-state index < -0.39 is 23.3 Å². The predicted molar refractivity (Wildman–Crippen MR) is 114 cm³/mol. The number of nitrogens with zero attached hydrogens (tertiary/aromatic N) is 2. The minimum absolute atomic E-state index is 0.219. The van der Waals surface area contributed by atoms with Crippen molar-refractivity contribution in [3.8, 4) is 11.4 Å². The van der Waals surface area contributed by atoms with E-state index in [4.69, 9.17) is 21.4 Å². The van der Waals surface area contributed by atoms with Crippen molar-refractivity contribution in [1.82, 2.24) is 15.1 Å². The second kappa shape index (κ2) is 8.67. The van der Waals surface area contributed by atoms with E-state index >= 15 is 0 Å². The fourth-order valence-corrected chi connectivity index (χ4v) is 3.67. The van der Waals surface area contributed by atoms with Crippen LogP contribution >= 0.6 is 11.6 Å². The first-order valence-corrected chi connectivity index (χ1v) is 10.4. The number of halogens is 3. The number of nitrogens with one attached hydrogen (secondary N) is 1. The van der Waals surface area contributed by atoms with Gasteiger partial charge in [-0.3, -0.25) is 4.79 Å². The first-order valence-electron chi connectivity index (χ1n) is 10.0. The number of rotatable bonds is 7. The minimum Gasteiger partial charge on any atom is -0.491 e. The molecule has 1 unspecified atom stereocenters. The van der Waals surface area contributed by atoms with Crippen LogP contribution in [0.5, 0.6) is 5.75 Å². The molecule has 4 rings (SSSR count). The molecule has 0 spiro atoms. The van der Waals surface area contributed by atoms with Crippen LogP contribution in [-0.4, -0.2) is 22.8 Å². The van der Waals surface area contributed by atoms with E-state index in [2.05, 4.69) is 5.32 Å². The summed E-state index contributed by atoms with van der Waals surface area (Å²) >= 11 is 6.13. The summed E-state index contributed by atoms with van der Waals surface area (Å²) in [5, 5.41) is 8.14. The summed E-state index contributed by atoms with van der Waals surface area (Å²) in [5.41, 5.74) is 2.82. The number of ether oxygens (including phenoxy) is 1. The van der Waals surface area contributed by atoms with Crippen molar-refractivity contribution in [2.45, 2.75) is 38.1 Å². The Morgan fingerprint density at radius 3 is 2.58 bits per heavy atom. The number of methoxy groups -OCH3 is 1. The van der Waals surface area contributed by atoms with Gasteiger partial charge >= 0.3 is 0 Å². The van der Waals surface area contributed by atoms with Crippen molar-refractivity contribution >= 4 is 17.5 Å². The summed E-state index contributed by atoms with van der Waals surface area (Å²) < 4.78 is 34.5. The van der Waals surface area contributed by atoms with Crippen molar-refractivity contribution in [3.63, 3.8) is 0 Å². The zero-order chi connectivity index (χ0) is 22.1. The summed E-state index contributed by atoms with van der Waals surface area (Å²) in [5.74, 6) is -2.81. The Bertz CT molecular complexity index is 1100. The quantitative estimate of drug-likeness (QED) is 0.549. The van der Waals surface area contributed by atoms with Gasteiger partial charge in [-0.15, -0.1) is 0 Å². The van der Waals surface area contributed by atoms with Gasteiger partial charge in [0.2, 0.25) is 5.91 Å². The SMILES string of the molecule is COc1c(F)cc(C(C)C(=O)NCc2cc(C3CC3)nn2-c2cccc(Cl)c2)cc1F. The lowest BCUT2D eigenvalue weighted by atomic mass is 9.99. The second-order valence-electron chi connectivity index (χ2n) is 7.68. The van der Waals surface area contributed by atoms with Gasteiger partial charge in [-0.25, -0.2) is 13.5 Å². The Balaban J connectivity index is 1.53. The summed E-state index contributed by atoms with van der Waals surface area (Å²) in [6.45, 7) is 1.82. The topological polar surface area (TPSA) is 56.1 Å². The number of amides is 1. The summed E-state index contributed by atoms with van der Waals surface area (Å²) in [7, 11) is 1.19. The van der Waals surface area contributed by atoms with Crippen molar-refractivity contribution in [2.24, 2.45) is 0 Å². The normalized spacial score (nSPS) is 14.4. The lowest BCUT2D eigenvalue weighted by molar-refractivity contribution is -0.122. The average Bonchev–Trinajstić information content (AvgIpc) is 3.50. The molecule has 1 fully saturated rings. The lowest BCUT2D eigenvalue weighted by Gasteiger charge is -2.15. The fraction of sp³-hybridized carbons (Fsp3) is 0.304. The Labute approximate surface area is 184 Å². The van der Waals surface area contributed by atoms with Crippen LogP contribution in [0.2, 0.25) is 5.02 Å². The molecule has 1 aliphatic rings. The molecule has 31 heavy (non-hydrogen) atoms. The Morgan fingerprint density at radius 2 is 1.97 bits per heavy atom. The Morgan fingerprint density at radius 1 is 1.26 bits per heavy atom. The molecular formula is C23H22ClF2N3O2. The van der Waals surface area contributed by atoms with Crippen LogP contribution in [0.3, 0.4) is 0 Å². The van der Waals surface area contributed by atoms with Crippen molar-refractivity contribution in [2.75, 3.05) is 7.11 Å². The van der Waals surface area contributed by atoms with Crippen LogP contribution in [0, 0.1) is 11.6 Å². The maximum atomic E-state index is 14.0. The van der Waals surface area contributed by atoms with Crippen LogP contribution in [0.1, 0.15) is 48.6 Å². The summed E-state index contributed by atoms with van der Waals surface area (Å²) in [4.78, 5) is 12.7. The van der Waals surface area contributed by atoms with Crippen molar-refractivity contribution < 1.29 is 18.3 Å². The molecular weight excluding hydrogens is 424 g/mol.